The Morgan fingerprint density at radius 1 is 1.38 bits per heavy atom. The van der Waals surface area contributed by atoms with E-state index in [1.54, 1.807) is 0 Å². The van der Waals surface area contributed by atoms with Crippen LogP contribution in [0.25, 0.3) is 0 Å². The first-order valence-electron chi connectivity index (χ1n) is 6.41. The van der Waals surface area contributed by atoms with Crippen molar-refractivity contribution in [3.8, 4) is 0 Å². The number of halogens is 1. The number of nitrogens with two attached hydrogens (primary N) is 2. The average molecular weight is 421 g/mol. The number of nitrogen functional groups attached to an aromatic ring is 1. The Morgan fingerprint density at radius 2 is 2.08 bits per heavy atom. The molecule has 26 heavy (non-hydrogen) atoms. The molecule has 0 aliphatic carbocycles. The molecule has 138 valence electrons. The minimum Gasteiger partial charge on any atom is -0.368 e. The van der Waals surface area contributed by atoms with E-state index in [4.69, 9.17) is 22.5 Å². The number of anilines is 2. The number of hydrogen-bond donors (Lipinski definition) is 5. The second kappa shape index (κ2) is 5.99. The number of amides is 1. The number of H-pyrrole nitrogens is 1. The molecular formula is C10H9ClN8O5S2. The number of nitrogens with one attached hydrogen (secondary N) is 2. The molecule has 1 unspecified atom stereocenters. The maximum absolute atomic E-state index is 12.4. The third-order valence-electron chi connectivity index (χ3n) is 2.97. The number of sulfonamides is 1. The second-order valence-electron chi connectivity index (χ2n) is 4.82. The minimum atomic E-state index is -4.26. The topological polar surface area (TPSA) is 219 Å². The molecule has 0 bridgehead atoms. The fourth-order valence-corrected chi connectivity index (χ4v) is 4.20. The zero-order valence-corrected chi connectivity index (χ0v) is 14.8. The van der Waals surface area contributed by atoms with E-state index in [9.17, 15) is 22.0 Å². The molecule has 3 rings (SSSR count). The number of carbonyl (C=O) groups is 1. The smallest absolute Gasteiger partial charge is 0.296 e. The van der Waals surface area contributed by atoms with Crippen LogP contribution in [0.4, 0.5) is 11.9 Å². The normalized spacial score (nSPS) is 19.3. The van der Waals surface area contributed by atoms with Crippen molar-refractivity contribution in [2.75, 3.05) is 11.1 Å². The van der Waals surface area contributed by atoms with Gasteiger partial charge in [-0.1, -0.05) is 11.6 Å². The van der Waals surface area contributed by atoms with Gasteiger partial charge in [0.1, 0.15) is 9.41 Å². The third kappa shape index (κ3) is 3.37. The molecule has 1 aromatic carbocycles. The van der Waals surface area contributed by atoms with Gasteiger partial charge in [0.05, 0.1) is 10.4 Å². The highest BCUT2D eigenvalue weighted by atomic mass is 35.5. The van der Waals surface area contributed by atoms with Crippen molar-refractivity contribution in [1.29, 1.82) is 0 Å². The van der Waals surface area contributed by atoms with Crippen molar-refractivity contribution in [2.45, 2.75) is 4.90 Å². The molecule has 1 aromatic heterocycles. The van der Waals surface area contributed by atoms with Crippen LogP contribution in [-0.4, -0.2) is 44.1 Å². The van der Waals surface area contributed by atoms with Crippen molar-refractivity contribution in [1.82, 2.24) is 15.2 Å². The maximum atomic E-state index is 12.4. The van der Waals surface area contributed by atoms with Gasteiger partial charge in [-0.2, -0.15) is 4.98 Å². The standard InChI is InChI=1S/C10H9ClN8O5S2/c11-3-1-4-6(2-5(3)25(13,21)22)26(23,24)19-7(14-4)8(20)15-10-16-9(12)17-18-10/h1-2H,(H2,13,21,22)(H,14,19,23,24)(H4,12,15,16,17,18,20). The summed E-state index contributed by atoms with van der Waals surface area (Å²) < 4.78 is 48.3. The monoisotopic (exact) mass is 420 g/mol. The van der Waals surface area contributed by atoms with Gasteiger partial charge in [0.25, 0.3) is 11.9 Å². The van der Waals surface area contributed by atoms with Crippen molar-refractivity contribution >= 4 is 55.3 Å². The Labute approximate surface area is 150 Å². The number of fused-ring (bicyclic) bond motifs is 1. The highest BCUT2D eigenvalue weighted by Gasteiger charge is 2.22. The number of nitrogens with zero attached hydrogens (tertiary/aromatic N) is 4. The summed E-state index contributed by atoms with van der Waals surface area (Å²) in [5.74, 6) is -1.94. The Balaban J connectivity index is 2.14. The van der Waals surface area contributed by atoms with Gasteiger partial charge in [0.2, 0.25) is 21.8 Å². The molecule has 1 aliphatic rings. The zero-order chi connectivity index (χ0) is 19.3. The molecule has 7 N–H and O–H groups in total. The summed E-state index contributed by atoms with van der Waals surface area (Å²) in [5, 5.41) is 12.4. The quantitative estimate of drug-likeness (QED) is 0.358. The molecule has 16 heteroatoms. The number of hydrogen-bond acceptors (Lipinski definition) is 8. The van der Waals surface area contributed by atoms with Crippen LogP contribution in [0.5, 0.6) is 0 Å². The molecule has 0 fully saturated rings. The molecule has 2 heterocycles. The first kappa shape index (κ1) is 18.2. The van der Waals surface area contributed by atoms with Gasteiger partial charge in [-0.3, -0.25) is 14.7 Å². The lowest BCUT2D eigenvalue weighted by atomic mass is 10.3. The number of benzene rings is 1. The van der Waals surface area contributed by atoms with E-state index in [0.717, 1.165) is 12.1 Å². The number of aromatic amines is 1. The molecule has 0 saturated carbocycles. The summed E-state index contributed by atoms with van der Waals surface area (Å²) in [6, 6.07) is 1.77. The Hall–Kier alpha value is -2.59. The third-order valence-corrected chi connectivity index (χ3v) is 5.67. The zero-order valence-electron chi connectivity index (χ0n) is 12.4. The van der Waals surface area contributed by atoms with E-state index in [0.29, 0.717) is 0 Å². The predicted octanol–water partition coefficient (Wildman–Crippen LogP) is -1.72. The number of aromatic nitrogens is 3. The molecule has 0 radical (unpaired) electrons. The van der Waals surface area contributed by atoms with Crippen molar-refractivity contribution in [3.05, 3.63) is 27.0 Å². The Morgan fingerprint density at radius 3 is 2.65 bits per heavy atom. The van der Waals surface area contributed by atoms with Crippen LogP contribution in [0.15, 0.2) is 26.4 Å². The van der Waals surface area contributed by atoms with Crippen LogP contribution in [0.1, 0.15) is 0 Å². The van der Waals surface area contributed by atoms with E-state index in [-0.39, 0.29) is 22.3 Å². The van der Waals surface area contributed by atoms with Crippen molar-refractivity contribution in [3.63, 3.8) is 0 Å². The van der Waals surface area contributed by atoms with Crippen LogP contribution in [0.3, 0.4) is 0 Å². The summed E-state index contributed by atoms with van der Waals surface area (Å²) in [5.41, 5.74) is 5.31. The van der Waals surface area contributed by atoms with Gasteiger partial charge in [-0.25, -0.2) is 27.9 Å². The van der Waals surface area contributed by atoms with Gasteiger partial charge in [0, 0.05) is 0 Å². The predicted molar refractivity (Wildman–Crippen MR) is 90.4 cm³/mol. The molecule has 2 aromatic rings. The SMILES string of the molecule is Nc1nc(NC(=O)C2=NS(=O)(O)=c3cc(S(N)(=O)=O)c(Cl)cc3=N2)n[nH]1. The van der Waals surface area contributed by atoms with Gasteiger partial charge in [-0.15, -0.1) is 9.50 Å². The summed E-state index contributed by atoms with van der Waals surface area (Å²) in [6.07, 6.45) is 0. The highest BCUT2D eigenvalue weighted by Crippen LogP contribution is 2.19. The van der Waals surface area contributed by atoms with E-state index < -0.39 is 41.2 Å². The summed E-state index contributed by atoms with van der Waals surface area (Å²) >= 11 is 5.83. The van der Waals surface area contributed by atoms with Gasteiger partial charge in [0.15, 0.2) is 9.99 Å². The maximum Gasteiger partial charge on any atom is 0.296 e. The lowest BCUT2D eigenvalue weighted by Crippen LogP contribution is -2.29. The molecule has 1 amide bonds. The molecule has 13 nitrogen and oxygen atoms in total. The first-order chi connectivity index (χ1) is 12.0. The van der Waals surface area contributed by atoms with Crippen molar-refractivity contribution in [2.24, 2.45) is 14.5 Å². The number of rotatable bonds is 3. The van der Waals surface area contributed by atoms with Crippen LogP contribution in [0.2, 0.25) is 5.02 Å². The lowest BCUT2D eigenvalue weighted by Gasteiger charge is -2.09. The highest BCUT2D eigenvalue weighted by molar-refractivity contribution is 7.89. The lowest BCUT2D eigenvalue weighted by molar-refractivity contribution is -0.110. The molecule has 0 saturated heterocycles. The fraction of sp³-hybridized carbons (Fsp3) is 0. The molecule has 0 spiro atoms. The largest absolute Gasteiger partial charge is 0.368 e. The second-order valence-corrected chi connectivity index (χ2v) is 8.37. The van der Waals surface area contributed by atoms with Crippen LogP contribution >= 0.6 is 11.6 Å². The first-order valence-corrected chi connectivity index (χ1v) is 9.81. The number of amidine groups is 1. The van der Waals surface area contributed by atoms with E-state index in [1.807, 2.05) is 0 Å². The van der Waals surface area contributed by atoms with Crippen LogP contribution < -0.4 is 21.5 Å². The van der Waals surface area contributed by atoms with Gasteiger partial charge >= 0.3 is 0 Å². The van der Waals surface area contributed by atoms with E-state index >= 15 is 0 Å². The molecule has 1 atom stereocenters. The van der Waals surface area contributed by atoms with E-state index in [2.05, 4.69) is 29.9 Å². The van der Waals surface area contributed by atoms with Gasteiger partial charge < -0.3 is 5.73 Å². The van der Waals surface area contributed by atoms with E-state index in [1.165, 1.54) is 0 Å². The fourth-order valence-electron chi connectivity index (χ4n) is 1.92. The molecular weight excluding hydrogens is 412 g/mol. The number of primary sulfonamides is 1. The minimum absolute atomic E-state index is 0.0681. The number of carbonyl (C=O) groups excluding carboxylic acids is 1. The van der Waals surface area contributed by atoms with Crippen LogP contribution in [-0.2, 0) is 24.8 Å². The summed E-state index contributed by atoms with van der Waals surface area (Å²) in [7, 11) is -8.45. The van der Waals surface area contributed by atoms with Gasteiger partial charge in [-0.05, 0) is 12.1 Å². The Bertz CT molecular complexity index is 1290. The average Bonchev–Trinajstić information content (AvgIpc) is 2.89. The molecule has 1 aliphatic heterocycles. The van der Waals surface area contributed by atoms with Crippen molar-refractivity contribution < 1.29 is 22.0 Å². The van der Waals surface area contributed by atoms with Crippen LogP contribution in [0, 0.1) is 4.51 Å². The Kier molecular flexibility index (Phi) is 4.20. The summed E-state index contributed by atoms with van der Waals surface area (Å²) in [6.45, 7) is 0. The summed E-state index contributed by atoms with van der Waals surface area (Å²) in [4.78, 5) is 19.0.